The van der Waals surface area contributed by atoms with E-state index < -0.39 is 12.0 Å². The van der Waals surface area contributed by atoms with Gasteiger partial charge in [0.1, 0.15) is 6.04 Å². The maximum atomic E-state index is 11.8. The predicted molar refractivity (Wildman–Crippen MR) is 60.2 cm³/mol. The van der Waals surface area contributed by atoms with Crippen LogP contribution in [0.1, 0.15) is 33.6 Å². The summed E-state index contributed by atoms with van der Waals surface area (Å²) >= 11 is 0. The second-order valence-electron chi connectivity index (χ2n) is 4.67. The normalized spacial score (nSPS) is 22.2. The maximum Gasteiger partial charge on any atom is 0.326 e. The molecule has 1 aliphatic rings. The van der Waals surface area contributed by atoms with E-state index in [1.54, 1.807) is 0 Å². The van der Waals surface area contributed by atoms with E-state index in [2.05, 4.69) is 5.32 Å². The monoisotopic (exact) mass is 228 g/mol. The molecular weight excluding hydrogens is 208 g/mol. The highest BCUT2D eigenvalue weighted by Gasteiger charge is 2.34. The van der Waals surface area contributed by atoms with Gasteiger partial charge in [0.15, 0.2) is 0 Å². The molecule has 1 aliphatic heterocycles. The van der Waals surface area contributed by atoms with Crippen LogP contribution in [0.4, 0.5) is 4.79 Å². The van der Waals surface area contributed by atoms with Gasteiger partial charge in [0.05, 0.1) is 0 Å². The van der Waals surface area contributed by atoms with Crippen molar-refractivity contribution in [1.29, 1.82) is 0 Å². The second-order valence-corrected chi connectivity index (χ2v) is 4.67. The summed E-state index contributed by atoms with van der Waals surface area (Å²) in [6, 6.07) is -0.854. The van der Waals surface area contributed by atoms with Crippen LogP contribution in [0.25, 0.3) is 0 Å². The number of hydrogen-bond acceptors (Lipinski definition) is 2. The molecule has 0 aliphatic carbocycles. The van der Waals surface area contributed by atoms with E-state index in [1.807, 2.05) is 20.8 Å². The number of carboxylic acid groups (broad SMARTS) is 1. The highest BCUT2D eigenvalue weighted by atomic mass is 16.4. The molecule has 0 aromatic rings. The van der Waals surface area contributed by atoms with Crippen LogP contribution in [-0.2, 0) is 4.79 Å². The third-order valence-corrected chi connectivity index (χ3v) is 3.15. The number of amides is 2. The first kappa shape index (κ1) is 12.8. The molecule has 0 aromatic carbocycles. The first-order chi connectivity index (χ1) is 7.43. The molecular formula is C11H20N2O3. The van der Waals surface area contributed by atoms with Gasteiger partial charge in [-0.05, 0) is 25.7 Å². The van der Waals surface area contributed by atoms with Crippen LogP contribution >= 0.6 is 0 Å². The number of likely N-dealkylation sites (tertiary alicyclic amines) is 1. The number of aliphatic carboxylic acids is 1. The Morgan fingerprint density at radius 2 is 2.00 bits per heavy atom. The molecule has 1 unspecified atom stereocenters. The Morgan fingerprint density at radius 1 is 1.38 bits per heavy atom. The molecule has 92 valence electrons. The van der Waals surface area contributed by atoms with Gasteiger partial charge in [-0.25, -0.2) is 9.59 Å². The highest BCUT2D eigenvalue weighted by Crippen LogP contribution is 2.17. The minimum Gasteiger partial charge on any atom is -0.480 e. The molecule has 1 fully saturated rings. The lowest BCUT2D eigenvalue weighted by atomic mass is 10.1. The van der Waals surface area contributed by atoms with Gasteiger partial charge >= 0.3 is 12.0 Å². The Kier molecular flexibility index (Phi) is 4.15. The first-order valence-corrected chi connectivity index (χ1v) is 5.73. The minimum absolute atomic E-state index is 0.0579. The molecule has 16 heavy (non-hydrogen) atoms. The van der Waals surface area contributed by atoms with E-state index in [1.165, 1.54) is 4.90 Å². The van der Waals surface area contributed by atoms with Crippen molar-refractivity contribution in [2.75, 3.05) is 6.54 Å². The van der Waals surface area contributed by atoms with Crippen LogP contribution in [-0.4, -0.2) is 40.6 Å². The Balaban J connectivity index is 2.56. The van der Waals surface area contributed by atoms with Crippen molar-refractivity contribution in [3.63, 3.8) is 0 Å². The summed E-state index contributed by atoms with van der Waals surface area (Å²) in [5.41, 5.74) is 0. The molecule has 5 nitrogen and oxygen atoms in total. The fraction of sp³-hybridized carbons (Fsp3) is 0.818. The van der Waals surface area contributed by atoms with E-state index in [4.69, 9.17) is 5.11 Å². The van der Waals surface area contributed by atoms with Gasteiger partial charge in [-0.3, -0.25) is 0 Å². The molecule has 0 spiro atoms. The summed E-state index contributed by atoms with van der Waals surface area (Å²) in [5, 5.41) is 11.8. The van der Waals surface area contributed by atoms with Gasteiger partial charge in [0.25, 0.3) is 0 Å². The predicted octanol–water partition coefficient (Wildman–Crippen LogP) is 1.29. The van der Waals surface area contributed by atoms with Crippen molar-refractivity contribution < 1.29 is 14.7 Å². The number of urea groups is 1. The first-order valence-electron chi connectivity index (χ1n) is 5.73. The number of rotatable bonds is 3. The van der Waals surface area contributed by atoms with Gasteiger partial charge in [-0.15, -0.1) is 0 Å². The van der Waals surface area contributed by atoms with Crippen molar-refractivity contribution in [3.8, 4) is 0 Å². The zero-order chi connectivity index (χ0) is 12.3. The van der Waals surface area contributed by atoms with Crippen molar-refractivity contribution in [2.45, 2.75) is 45.7 Å². The lowest BCUT2D eigenvalue weighted by Gasteiger charge is -2.25. The summed E-state index contributed by atoms with van der Waals surface area (Å²) in [6.07, 6.45) is 1.32. The Hall–Kier alpha value is -1.26. The Labute approximate surface area is 95.8 Å². The molecule has 0 aromatic heterocycles. The molecule has 1 heterocycles. The van der Waals surface area contributed by atoms with Crippen molar-refractivity contribution in [1.82, 2.24) is 10.2 Å². The summed E-state index contributed by atoms with van der Waals surface area (Å²) in [7, 11) is 0. The van der Waals surface area contributed by atoms with E-state index in [9.17, 15) is 9.59 Å². The molecule has 0 saturated carbocycles. The number of carbonyl (C=O) groups excluding carboxylic acids is 1. The number of nitrogens with zero attached hydrogens (tertiary/aromatic N) is 1. The maximum absolute atomic E-state index is 11.8. The average Bonchev–Trinajstić information content (AvgIpc) is 2.65. The molecule has 1 saturated heterocycles. The summed E-state index contributed by atoms with van der Waals surface area (Å²) in [5.74, 6) is -0.570. The zero-order valence-corrected chi connectivity index (χ0v) is 10.1. The van der Waals surface area contributed by atoms with Crippen LogP contribution in [0.15, 0.2) is 0 Å². The molecule has 2 amide bonds. The number of carbonyl (C=O) groups is 2. The highest BCUT2D eigenvalue weighted by molar-refractivity contribution is 5.83. The lowest BCUT2D eigenvalue weighted by molar-refractivity contribution is -0.141. The van der Waals surface area contributed by atoms with Crippen molar-refractivity contribution >= 4 is 12.0 Å². The van der Waals surface area contributed by atoms with Crippen LogP contribution in [0.5, 0.6) is 0 Å². The molecule has 0 radical (unpaired) electrons. The van der Waals surface area contributed by atoms with Crippen LogP contribution in [0.2, 0.25) is 0 Å². The smallest absolute Gasteiger partial charge is 0.326 e. The van der Waals surface area contributed by atoms with E-state index in [0.717, 1.165) is 6.42 Å². The van der Waals surface area contributed by atoms with Gasteiger partial charge in [-0.2, -0.15) is 0 Å². The van der Waals surface area contributed by atoms with E-state index in [0.29, 0.717) is 18.9 Å². The third-order valence-electron chi connectivity index (χ3n) is 3.15. The van der Waals surface area contributed by atoms with Crippen LogP contribution in [0.3, 0.4) is 0 Å². The van der Waals surface area contributed by atoms with Gasteiger partial charge < -0.3 is 15.3 Å². The van der Waals surface area contributed by atoms with Crippen LogP contribution in [0, 0.1) is 5.92 Å². The zero-order valence-electron chi connectivity index (χ0n) is 10.1. The number of carboxylic acids is 1. The minimum atomic E-state index is -0.912. The fourth-order valence-corrected chi connectivity index (χ4v) is 1.71. The molecule has 2 N–H and O–H groups in total. The summed E-state index contributed by atoms with van der Waals surface area (Å²) in [4.78, 5) is 24.2. The van der Waals surface area contributed by atoms with E-state index >= 15 is 0 Å². The summed E-state index contributed by atoms with van der Waals surface area (Å²) in [6.45, 7) is 6.50. The van der Waals surface area contributed by atoms with Crippen molar-refractivity contribution in [3.05, 3.63) is 0 Å². The van der Waals surface area contributed by atoms with Crippen LogP contribution < -0.4 is 5.32 Å². The SMILES string of the molecule is CC(C)C(C)NC(=O)N1CCC[C@H]1C(=O)O. The molecule has 1 rings (SSSR count). The molecule has 5 heteroatoms. The Bertz CT molecular complexity index is 278. The standard InChI is InChI=1S/C11H20N2O3/c1-7(2)8(3)12-11(16)13-6-4-5-9(13)10(14)15/h7-9H,4-6H2,1-3H3,(H,12,16)(H,14,15)/t8?,9-/m0/s1. The third kappa shape index (κ3) is 2.87. The quantitative estimate of drug-likeness (QED) is 0.764. The molecule has 2 atom stereocenters. The number of hydrogen-bond donors (Lipinski definition) is 2. The number of nitrogens with one attached hydrogen (secondary N) is 1. The lowest BCUT2D eigenvalue weighted by Crippen LogP contribution is -2.49. The Morgan fingerprint density at radius 3 is 2.50 bits per heavy atom. The average molecular weight is 228 g/mol. The largest absolute Gasteiger partial charge is 0.480 e. The van der Waals surface area contributed by atoms with Gasteiger partial charge in [0, 0.05) is 12.6 Å². The topological polar surface area (TPSA) is 69.6 Å². The second kappa shape index (κ2) is 5.18. The summed E-state index contributed by atoms with van der Waals surface area (Å²) < 4.78 is 0. The van der Waals surface area contributed by atoms with Crippen molar-refractivity contribution in [2.24, 2.45) is 5.92 Å². The van der Waals surface area contributed by atoms with Gasteiger partial charge in [0.2, 0.25) is 0 Å². The van der Waals surface area contributed by atoms with Gasteiger partial charge in [-0.1, -0.05) is 13.8 Å². The van der Waals surface area contributed by atoms with E-state index in [-0.39, 0.29) is 12.1 Å². The molecule has 0 bridgehead atoms. The fourth-order valence-electron chi connectivity index (χ4n) is 1.71.